The number of hydrogen-bond acceptors (Lipinski definition) is 3. The van der Waals surface area contributed by atoms with Gasteiger partial charge in [0, 0.05) is 17.0 Å². The first-order valence-corrected chi connectivity index (χ1v) is 6.73. The normalized spacial score (nSPS) is 11.3. The molecule has 106 valence electrons. The highest BCUT2D eigenvalue weighted by atomic mass is 16.5. The van der Waals surface area contributed by atoms with Gasteiger partial charge in [0.15, 0.2) is 0 Å². The molecule has 1 aromatic carbocycles. The molecule has 0 aliphatic heterocycles. The van der Waals surface area contributed by atoms with E-state index in [0.29, 0.717) is 13.2 Å². The quantitative estimate of drug-likeness (QED) is 0.871. The number of aromatic nitrogens is 1. The van der Waals surface area contributed by atoms with Gasteiger partial charge in [0.25, 0.3) is 0 Å². The molecule has 1 heterocycles. The van der Waals surface area contributed by atoms with Crippen LogP contribution in [-0.4, -0.2) is 24.0 Å². The third-order valence-corrected chi connectivity index (χ3v) is 2.91. The topological polar surface area (TPSA) is 51.2 Å². The molecular weight excluding hydrogens is 252 g/mol. The molecule has 0 saturated carbocycles. The fraction of sp³-hybridized carbons (Fsp3) is 0.375. The summed E-state index contributed by atoms with van der Waals surface area (Å²) in [6.07, 6.45) is 1.77. The average Bonchev–Trinajstić information content (AvgIpc) is 2.42. The van der Waals surface area contributed by atoms with Crippen LogP contribution in [-0.2, 0) is 4.79 Å². The summed E-state index contributed by atoms with van der Waals surface area (Å²) in [4.78, 5) is 15.9. The summed E-state index contributed by atoms with van der Waals surface area (Å²) < 4.78 is 5.63. The van der Waals surface area contributed by atoms with Crippen molar-refractivity contribution in [2.75, 3.05) is 13.2 Å². The van der Waals surface area contributed by atoms with Crippen LogP contribution in [0, 0.1) is 5.41 Å². The van der Waals surface area contributed by atoms with E-state index in [2.05, 4.69) is 10.3 Å². The van der Waals surface area contributed by atoms with Gasteiger partial charge in [-0.2, -0.15) is 0 Å². The third-order valence-electron chi connectivity index (χ3n) is 2.91. The number of nitrogens with zero attached hydrogens (tertiary/aromatic N) is 1. The Balaban J connectivity index is 1.86. The molecule has 1 aromatic heterocycles. The monoisotopic (exact) mass is 272 g/mol. The molecule has 20 heavy (non-hydrogen) atoms. The summed E-state index contributed by atoms with van der Waals surface area (Å²) in [5.74, 6) is 0.819. The van der Waals surface area contributed by atoms with Gasteiger partial charge in [-0.05, 0) is 24.3 Å². The van der Waals surface area contributed by atoms with Crippen LogP contribution in [0.25, 0.3) is 10.9 Å². The van der Waals surface area contributed by atoms with E-state index in [4.69, 9.17) is 4.74 Å². The number of pyridine rings is 1. The Morgan fingerprint density at radius 2 is 2.10 bits per heavy atom. The SMILES string of the molecule is CC(C)(C)C(=O)NCCOc1ccc2ncccc2c1. The largest absolute Gasteiger partial charge is 0.492 e. The smallest absolute Gasteiger partial charge is 0.225 e. The number of nitrogens with one attached hydrogen (secondary N) is 1. The van der Waals surface area contributed by atoms with E-state index in [1.807, 2.05) is 51.1 Å². The Morgan fingerprint density at radius 3 is 2.85 bits per heavy atom. The first-order valence-electron chi connectivity index (χ1n) is 6.73. The lowest BCUT2D eigenvalue weighted by atomic mass is 9.96. The Labute approximate surface area is 119 Å². The molecule has 0 radical (unpaired) electrons. The number of rotatable bonds is 4. The standard InChI is InChI=1S/C16H20N2O2/c1-16(2,3)15(19)18-9-10-20-13-6-7-14-12(11-13)5-4-8-17-14/h4-8,11H,9-10H2,1-3H3,(H,18,19). The zero-order chi connectivity index (χ0) is 14.6. The molecule has 0 unspecified atom stereocenters. The first kappa shape index (κ1) is 14.3. The first-order chi connectivity index (χ1) is 9.47. The van der Waals surface area contributed by atoms with E-state index in [9.17, 15) is 4.79 Å². The van der Waals surface area contributed by atoms with E-state index in [0.717, 1.165) is 16.7 Å². The minimum absolute atomic E-state index is 0.0313. The molecule has 1 N–H and O–H groups in total. The summed E-state index contributed by atoms with van der Waals surface area (Å²) in [6.45, 7) is 6.62. The second kappa shape index (κ2) is 5.90. The van der Waals surface area contributed by atoms with Gasteiger partial charge >= 0.3 is 0 Å². The van der Waals surface area contributed by atoms with Crippen LogP contribution >= 0.6 is 0 Å². The maximum absolute atomic E-state index is 11.7. The third kappa shape index (κ3) is 3.70. The number of hydrogen-bond donors (Lipinski definition) is 1. The van der Waals surface area contributed by atoms with Crippen molar-refractivity contribution in [2.45, 2.75) is 20.8 Å². The Hall–Kier alpha value is -2.10. The van der Waals surface area contributed by atoms with Crippen LogP contribution in [0.2, 0.25) is 0 Å². The van der Waals surface area contributed by atoms with Gasteiger partial charge in [0.2, 0.25) is 5.91 Å². The van der Waals surface area contributed by atoms with Gasteiger partial charge in [-0.1, -0.05) is 26.8 Å². The Morgan fingerprint density at radius 1 is 1.30 bits per heavy atom. The molecule has 4 heteroatoms. The summed E-state index contributed by atoms with van der Waals surface area (Å²) in [6, 6.07) is 9.67. The Bertz CT molecular complexity index is 603. The van der Waals surface area contributed by atoms with Gasteiger partial charge in [-0.3, -0.25) is 9.78 Å². The van der Waals surface area contributed by atoms with Gasteiger partial charge in [0.1, 0.15) is 12.4 Å². The lowest BCUT2D eigenvalue weighted by Crippen LogP contribution is -2.37. The van der Waals surface area contributed by atoms with E-state index in [-0.39, 0.29) is 11.3 Å². The molecule has 0 saturated heterocycles. The highest BCUT2D eigenvalue weighted by Gasteiger charge is 2.20. The fourth-order valence-electron chi connectivity index (χ4n) is 1.74. The second-order valence-corrected chi connectivity index (χ2v) is 5.71. The molecular formula is C16H20N2O2. The number of carbonyl (C=O) groups is 1. The average molecular weight is 272 g/mol. The van der Waals surface area contributed by atoms with Crippen LogP contribution < -0.4 is 10.1 Å². The highest BCUT2D eigenvalue weighted by molar-refractivity contribution is 5.81. The molecule has 0 fully saturated rings. The highest BCUT2D eigenvalue weighted by Crippen LogP contribution is 2.18. The molecule has 1 amide bonds. The molecule has 0 aliphatic carbocycles. The number of carbonyl (C=O) groups excluding carboxylic acids is 1. The summed E-state index contributed by atoms with van der Waals surface area (Å²) >= 11 is 0. The number of benzene rings is 1. The number of ether oxygens (including phenoxy) is 1. The van der Waals surface area contributed by atoms with E-state index >= 15 is 0 Å². The molecule has 0 atom stereocenters. The van der Waals surface area contributed by atoms with E-state index < -0.39 is 0 Å². The minimum atomic E-state index is -0.366. The van der Waals surface area contributed by atoms with E-state index in [1.165, 1.54) is 0 Å². The van der Waals surface area contributed by atoms with Crippen molar-refractivity contribution < 1.29 is 9.53 Å². The lowest BCUT2D eigenvalue weighted by Gasteiger charge is -2.17. The maximum Gasteiger partial charge on any atom is 0.225 e. The van der Waals surface area contributed by atoms with Crippen molar-refractivity contribution in [3.63, 3.8) is 0 Å². The predicted octanol–water partition coefficient (Wildman–Crippen LogP) is 2.78. The van der Waals surface area contributed by atoms with Crippen molar-refractivity contribution >= 4 is 16.8 Å². The van der Waals surface area contributed by atoms with Crippen molar-refractivity contribution in [1.29, 1.82) is 0 Å². The molecule has 2 aromatic rings. The molecule has 0 spiro atoms. The molecule has 0 bridgehead atoms. The van der Waals surface area contributed by atoms with Crippen molar-refractivity contribution in [3.8, 4) is 5.75 Å². The number of fused-ring (bicyclic) bond motifs is 1. The predicted molar refractivity (Wildman–Crippen MR) is 79.7 cm³/mol. The van der Waals surface area contributed by atoms with Crippen LogP contribution in [0.3, 0.4) is 0 Å². The maximum atomic E-state index is 11.7. The van der Waals surface area contributed by atoms with Crippen molar-refractivity contribution in [2.24, 2.45) is 5.41 Å². The van der Waals surface area contributed by atoms with Gasteiger partial charge in [-0.25, -0.2) is 0 Å². The van der Waals surface area contributed by atoms with Crippen LogP contribution in [0.5, 0.6) is 5.75 Å². The fourth-order valence-corrected chi connectivity index (χ4v) is 1.74. The summed E-state index contributed by atoms with van der Waals surface area (Å²) in [5.41, 5.74) is 0.579. The summed E-state index contributed by atoms with van der Waals surface area (Å²) in [7, 11) is 0. The number of amides is 1. The molecule has 0 aliphatic rings. The van der Waals surface area contributed by atoms with Gasteiger partial charge in [0.05, 0.1) is 12.1 Å². The van der Waals surface area contributed by atoms with Crippen molar-refractivity contribution in [3.05, 3.63) is 36.5 Å². The lowest BCUT2D eigenvalue weighted by molar-refractivity contribution is -0.128. The summed E-state index contributed by atoms with van der Waals surface area (Å²) in [5, 5.41) is 3.90. The van der Waals surface area contributed by atoms with Crippen molar-refractivity contribution in [1.82, 2.24) is 10.3 Å². The van der Waals surface area contributed by atoms with Crippen LogP contribution in [0.15, 0.2) is 36.5 Å². The van der Waals surface area contributed by atoms with Gasteiger partial charge < -0.3 is 10.1 Å². The molecule has 4 nitrogen and oxygen atoms in total. The molecule has 2 rings (SSSR count). The van der Waals surface area contributed by atoms with Crippen LogP contribution in [0.4, 0.5) is 0 Å². The van der Waals surface area contributed by atoms with Crippen LogP contribution in [0.1, 0.15) is 20.8 Å². The zero-order valence-electron chi connectivity index (χ0n) is 12.1. The van der Waals surface area contributed by atoms with Gasteiger partial charge in [-0.15, -0.1) is 0 Å². The zero-order valence-corrected chi connectivity index (χ0v) is 12.1. The second-order valence-electron chi connectivity index (χ2n) is 5.71. The van der Waals surface area contributed by atoms with E-state index in [1.54, 1.807) is 6.20 Å². The minimum Gasteiger partial charge on any atom is -0.492 e. The Kier molecular flexibility index (Phi) is 4.23.